The van der Waals surface area contributed by atoms with E-state index >= 15 is 0 Å². The maximum absolute atomic E-state index is 5.50. The lowest BCUT2D eigenvalue weighted by molar-refractivity contribution is 0.00726. The monoisotopic (exact) mass is 236 g/mol. The molecule has 0 amide bonds. The quantitative estimate of drug-likeness (QED) is 0.789. The topological polar surface area (TPSA) is 34.2 Å². The van der Waals surface area contributed by atoms with Gasteiger partial charge in [0.1, 0.15) is 0 Å². The third kappa shape index (κ3) is 5.29. The molecule has 1 aromatic heterocycles. The molecule has 0 saturated carbocycles. The number of rotatable bonds is 7. The van der Waals surface area contributed by atoms with E-state index < -0.39 is 0 Å². The number of aromatic nitrogens is 1. The molecule has 17 heavy (non-hydrogen) atoms. The van der Waals surface area contributed by atoms with E-state index in [9.17, 15) is 0 Å². The van der Waals surface area contributed by atoms with Gasteiger partial charge < -0.3 is 10.1 Å². The van der Waals surface area contributed by atoms with Crippen molar-refractivity contribution in [1.29, 1.82) is 0 Å². The van der Waals surface area contributed by atoms with Crippen LogP contribution < -0.4 is 5.32 Å². The SMILES string of the molecule is CCNC(Cc1ccncc1)CC(C)(C)OC. The summed E-state index contributed by atoms with van der Waals surface area (Å²) in [5, 5.41) is 3.52. The average Bonchev–Trinajstić information content (AvgIpc) is 2.30. The number of nitrogens with one attached hydrogen (secondary N) is 1. The van der Waals surface area contributed by atoms with Gasteiger partial charge in [-0.25, -0.2) is 0 Å². The van der Waals surface area contributed by atoms with Crippen LogP contribution in [0.25, 0.3) is 0 Å². The molecule has 0 bridgehead atoms. The van der Waals surface area contributed by atoms with Crippen molar-refractivity contribution in [2.24, 2.45) is 0 Å². The molecule has 0 radical (unpaired) electrons. The third-order valence-electron chi connectivity index (χ3n) is 3.01. The maximum Gasteiger partial charge on any atom is 0.0637 e. The van der Waals surface area contributed by atoms with E-state index in [0.717, 1.165) is 19.4 Å². The largest absolute Gasteiger partial charge is 0.379 e. The molecule has 1 atom stereocenters. The Morgan fingerprint density at radius 1 is 1.35 bits per heavy atom. The second-order valence-corrected chi connectivity index (χ2v) is 4.98. The maximum atomic E-state index is 5.50. The number of likely N-dealkylation sites (N-methyl/N-ethyl adjacent to an activating group) is 1. The van der Waals surface area contributed by atoms with Crippen LogP contribution in [0.1, 0.15) is 32.8 Å². The van der Waals surface area contributed by atoms with E-state index in [-0.39, 0.29) is 5.60 Å². The molecule has 0 saturated heterocycles. The normalized spacial score (nSPS) is 13.6. The van der Waals surface area contributed by atoms with Gasteiger partial charge in [0.2, 0.25) is 0 Å². The minimum atomic E-state index is -0.0835. The van der Waals surface area contributed by atoms with Gasteiger partial charge in [-0.15, -0.1) is 0 Å². The summed E-state index contributed by atoms with van der Waals surface area (Å²) in [5.41, 5.74) is 1.23. The van der Waals surface area contributed by atoms with Gasteiger partial charge in [-0.1, -0.05) is 6.92 Å². The number of methoxy groups -OCH3 is 1. The molecular formula is C14H24N2O. The van der Waals surface area contributed by atoms with Gasteiger partial charge in [-0.2, -0.15) is 0 Å². The van der Waals surface area contributed by atoms with E-state index in [4.69, 9.17) is 4.74 Å². The predicted molar refractivity (Wildman–Crippen MR) is 71.1 cm³/mol. The first-order chi connectivity index (χ1) is 8.07. The highest BCUT2D eigenvalue weighted by molar-refractivity contribution is 5.11. The van der Waals surface area contributed by atoms with Crippen LogP contribution in [0, 0.1) is 0 Å². The average molecular weight is 236 g/mol. The Hall–Kier alpha value is -0.930. The van der Waals surface area contributed by atoms with Crippen LogP contribution in [0.2, 0.25) is 0 Å². The molecule has 0 aliphatic heterocycles. The second kappa shape index (κ2) is 6.72. The van der Waals surface area contributed by atoms with E-state index in [2.05, 4.69) is 43.2 Å². The van der Waals surface area contributed by atoms with Crippen molar-refractivity contribution in [2.45, 2.75) is 45.3 Å². The summed E-state index contributed by atoms with van der Waals surface area (Å²) in [5.74, 6) is 0. The van der Waals surface area contributed by atoms with Crippen molar-refractivity contribution in [1.82, 2.24) is 10.3 Å². The predicted octanol–water partition coefficient (Wildman–Crippen LogP) is 2.42. The fourth-order valence-electron chi connectivity index (χ4n) is 1.99. The first kappa shape index (κ1) is 14.1. The van der Waals surface area contributed by atoms with Crippen LogP contribution in [0.4, 0.5) is 0 Å². The number of pyridine rings is 1. The molecule has 1 N–H and O–H groups in total. The Labute approximate surface area is 105 Å². The minimum absolute atomic E-state index is 0.0835. The lowest BCUT2D eigenvalue weighted by Crippen LogP contribution is -2.39. The zero-order valence-electron chi connectivity index (χ0n) is 11.4. The van der Waals surface area contributed by atoms with Crippen molar-refractivity contribution in [3.8, 4) is 0 Å². The summed E-state index contributed by atoms with van der Waals surface area (Å²) in [6.45, 7) is 7.38. The first-order valence-corrected chi connectivity index (χ1v) is 6.25. The number of hydrogen-bond acceptors (Lipinski definition) is 3. The van der Waals surface area contributed by atoms with Crippen molar-refractivity contribution in [3.63, 3.8) is 0 Å². The summed E-state index contributed by atoms with van der Waals surface area (Å²) in [6.07, 6.45) is 5.71. The molecule has 0 fully saturated rings. The van der Waals surface area contributed by atoms with Gasteiger partial charge in [0.25, 0.3) is 0 Å². The molecule has 1 unspecified atom stereocenters. The zero-order valence-corrected chi connectivity index (χ0v) is 11.4. The second-order valence-electron chi connectivity index (χ2n) is 4.98. The molecule has 1 aromatic rings. The highest BCUT2D eigenvalue weighted by Gasteiger charge is 2.22. The zero-order chi connectivity index (χ0) is 12.7. The van der Waals surface area contributed by atoms with Gasteiger partial charge in [-0.3, -0.25) is 4.98 Å². The van der Waals surface area contributed by atoms with Gasteiger partial charge in [0.15, 0.2) is 0 Å². The molecule has 96 valence electrons. The molecule has 0 aliphatic rings. The standard InChI is InChI=1S/C14H24N2O/c1-5-16-13(11-14(2,3)17-4)10-12-6-8-15-9-7-12/h6-9,13,16H,5,10-11H2,1-4H3. The molecule has 1 rings (SSSR count). The van der Waals surface area contributed by atoms with E-state index in [1.807, 2.05) is 12.4 Å². The van der Waals surface area contributed by atoms with E-state index in [1.165, 1.54) is 5.56 Å². The Balaban J connectivity index is 2.60. The van der Waals surface area contributed by atoms with Gasteiger partial charge >= 0.3 is 0 Å². The summed E-state index contributed by atoms with van der Waals surface area (Å²) >= 11 is 0. The summed E-state index contributed by atoms with van der Waals surface area (Å²) in [6, 6.07) is 4.59. The van der Waals surface area contributed by atoms with Crippen LogP contribution in [0.3, 0.4) is 0 Å². The molecular weight excluding hydrogens is 212 g/mol. The minimum Gasteiger partial charge on any atom is -0.379 e. The molecule has 0 spiro atoms. The fraction of sp³-hybridized carbons (Fsp3) is 0.643. The molecule has 3 nitrogen and oxygen atoms in total. The Kier molecular flexibility index (Phi) is 5.59. The van der Waals surface area contributed by atoms with E-state index in [0.29, 0.717) is 6.04 Å². The van der Waals surface area contributed by atoms with Crippen LogP contribution in [-0.2, 0) is 11.2 Å². The van der Waals surface area contributed by atoms with Gasteiger partial charge in [0, 0.05) is 25.5 Å². The van der Waals surface area contributed by atoms with Crippen LogP contribution >= 0.6 is 0 Å². The number of hydrogen-bond donors (Lipinski definition) is 1. The van der Waals surface area contributed by atoms with Crippen molar-refractivity contribution < 1.29 is 4.74 Å². The summed E-state index contributed by atoms with van der Waals surface area (Å²) in [7, 11) is 1.77. The number of ether oxygens (including phenoxy) is 1. The Bertz CT molecular complexity index is 311. The smallest absolute Gasteiger partial charge is 0.0637 e. The van der Waals surface area contributed by atoms with Crippen LogP contribution in [0.15, 0.2) is 24.5 Å². The Morgan fingerprint density at radius 2 is 2.00 bits per heavy atom. The molecule has 3 heteroatoms. The fourth-order valence-corrected chi connectivity index (χ4v) is 1.99. The third-order valence-corrected chi connectivity index (χ3v) is 3.01. The van der Waals surface area contributed by atoms with Crippen molar-refractivity contribution in [2.75, 3.05) is 13.7 Å². The highest BCUT2D eigenvalue weighted by atomic mass is 16.5. The molecule has 0 aromatic carbocycles. The lowest BCUT2D eigenvalue weighted by Gasteiger charge is -2.29. The number of nitrogens with zero attached hydrogens (tertiary/aromatic N) is 1. The van der Waals surface area contributed by atoms with Gasteiger partial charge in [-0.05, 0) is 50.9 Å². The first-order valence-electron chi connectivity index (χ1n) is 6.25. The molecule has 0 aliphatic carbocycles. The Morgan fingerprint density at radius 3 is 2.53 bits per heavy atom. The van der Waals surface area contributed by atoms with Crippen LogP contribution in [-0.4, -0.2) is 30.3 Å². The van der Waals surface area contributed by atoms with Gasteiger partial charge in [0.05, 0.1) is 5.60 Å². The highest BCUT2D eigenvalue weighted by Crippen LogP contribution is 2.18. The summed E-state index contributed by atoms with van der Waals surface area (Å²) < 4.78 is 5.50. The summed E-state index contributed by atoms with van der Waals surface area (Å²) in [4.78, 5) is 4.04. The van der Waals surface area contributed by atoms with Crippen molar-refractivity contribution >= 4 is 0 Å². The van der Waals surface area contributed by atoms with Crippen molar-refractivity contribution in [3.05, 3.63) is 30.1 Å². The van der Waals surface area contributed by atoms with Crippen LogP contribution in [0.5, 0.6) is 0 Å². The van der Waals surface area contributed by atoms with E-state index in [1.54, 1.807) is 7.11 Å². The molecule has 1 heterocycles. The lowest BCUT2D eigenvalue weighted by atomic mass is 9.94.